The summed E-state index contributed by atoms with van der Waals surface area (Å²) in [4.78, 5) is 18.1. The van der Waals surface area contributed by atoms with Crippen LogP contribution in [0.4, 0.5) is 5.13 Å². The highest BCUT2D eigenvalue weighted by Gasteiger charge is 2.30. The zero-order valence-corrected chi connectivity index (χ0v) is 12.7. The summed E-state index contributed by atoms with van der Waals surface area (Å²) in [5, 5.41) is 3.73. The van der Waals surface area contributed by atoms with Crippen molar-refractivity contribution in [3.63, 3.8) is 0 Å². The number of nitrogens with two attached hydrogens (primary N) is 1. The van der Waals surface area contributed by atoms with Crippen molar-refractivity contribution in [2.45, 2.75) is 69.7 Å². The fraction of sp³-hybridized carbons (Fsp3) is 0.733. The summed E-state index contributed by atoms with van der Waals surface area (Å²) in [5.74, 6) is 0.0282. The minimum Gasteiger partial charge on any atom is -0.325 e. The number of hydrogen-bond acceptors (Lipinski definition) is 4. The lowest BCUT2D eigenvalue weighted by Crippen LogP contribution is -2.44. The van der Waals surface area contributed by atoms with E-state index in [-0.39, 0.29) is 11.4 Å². The van der Waals surface area contributed by atoms with Crippen LogP contribution in [0.2, 0.25) is 0 Å². The minimum absolute atomic E-state index is 0.0282. The number of anilines is 1. The molecule has 20 heavy (non-hydrogen) atoms. The van der Waals surface area contributed by atoms with Gasteiger partial charge in [0, 0.05) is 16.8 Å². The van der Waals surface area contributed by atoms with E-state index < -0.39 is 0 Å². The molecule has 0 atom stereocenters. The van der Waals surface area contributed by atoms with Gasteiger partial charge in [-0.2, -0.15) is 0 Å². The first-order valence-corrected chi connectivity index (χ1v) is 8.54. The number of carbonyl (C=O) groups is 1. The highest BCUT2D eigenvalue weighted by atomic mass is 32.1. The average Bonchev–Trinajstić information content (AvgIpc) is 2.80. The first-order chi connectivity index (χ1) is 9.65. The van der Waals surface area contributed by atoms with Gasteiger partial charge in [0.2, 0.25) is 5.91 Å². The Bertz CT molecular complexity index is 468. The second-order valence-corrected chi connectivity index (χ2v) is 7.33. The van der Waals surface area contributed by atoms with E-state index in [9.17, 15) is 4.79 Å². The Kier molecular flexibility index (Phi) is 4.08. The first kappa shape index (κ1) is 14.0. The van der Waals surface area contributed by atoms with E-state index in [1.54, 1.807) is 11.3 Å². The molecule has 0 saturated heterocycles. The number of rotatable bonds is 3. The third-order valence-corrected chi connectivity index (χ3v) is 5.53. The fourth-order valence-electron chi connectivity index (χ4n) is 3.32. The summed E-state index contributed by atoms with van der Waals surface area (Å²) in [6.45, 7) is 0. The van der Waals surface area contributed by atoms with Gasteiger partial charge in [0.15, 0.2) is 5.13 Å². The predicted octanol–water partition coefficient (Wildman–Crippen LogP) is 3.01. The van der Waals surface area contributed by atoms with Crippen LogP contribution >= 0.6 is 11.3 Å². The van der Waals surface area contributed by atoms with Crippen molar-refractivity contribution in [1.29, 1.82) is 0 Å². The van der Waals surface area contributed by atoms with Gasteiger partial charge in [-0.15, -0.1) is 11.3 Å². The van der Waals surface area contributed by atoms with Gasteiger partial charge >= 0.3 is 0 Å². The minimum atomic E-state index is -0.292. The van der Waals surface area contributed by atoms with Gasteiger partial charge < -0.3 is 11.1 Å². The normalized spacial score (nSPS) is 21.2. The molecule has 2 aliphatic carbocycles. The molecule has 4 nitrogen and oxygen atoms in total. The molecule has 1 fully saturated rings. The zero-order valence-electron chi connectivity index (χ0n) is 11.9. The van der Waals surface area contributed by atoms with Gasteiger partial charge in [0.25, 0.3) is 0 Å². The molecule has 1 amide bonds. The Morgan fingerprint density at radius 2 is 1.95 bits per heavy atom. The molecule has 0 bridgehead atoms. The van der Waals surface area contributed by atoms with Crippen molar-refractivity contribution in [3.05, 3.63) is 10.6 Å². The van der Waals surface area contributed by atoms with E-state index in [0.29, 0.717) is 6.42 Å². The molecule has 1 aromatic heterocycles. The Hall–Kier alpha value is -0.940. The summed E-state index contributed by atoms with van der Waals surface area (Å²) >= 11 is 1.64. The molecule has 110 valence electrons. The topological polar surface area (TPSA) is 68.0 Å². The average molecular weight is 293 g/mol. The molecule has 0 unspecified atom stereocenters. The second-order valence-electron chi connectivity index (χ2n) is 6.24. The van der Waals surface area contributed by atoms with Crippen LogP contribution < -0.4 is 11.1 Å². The van der Waals surface area contributed by atoms with E-state index >= 15 is 0 Å². The van der Waals surface area contributed by atoms with Crippen molar-refractivity contribution in [3.8, 4) is 0 Å². The van der Waals surface area contributed by atoms with Gasteiger partial charge in [-0.3, -0.25) is 4.79 Å². The number of nitrogens with one attached hydrogen (secondary N) is 1. The molecule has 3 rings (SSSR count). The predicted molar refractivity (Wildman–Crippen MR) is 82.0 cm³/mol. The number of aromatic nitrogens is 1. The van der Waals surface area contributed by atoms with Gasteiger partial charge in [0.05, 0.1) is 5.69 Å². The summed E-state index contributed by atoms with van der Waals surface area (Å²) in [7, 11) is 0. The van der Waals surface area contributed by atoms with Crippen LogP contribution in [0.3, 0.4) is 0 Å². The van der Waals surface area contributed by atoms with Crippen molar-refractivity contribution < 1.29 is 4.79 Å². The van der Waals surface area contributed by atoms with Gasteiger partial charge in [-0.25, -0.2) is 4.98 Å². The van der Waals surface area contributed by atoms with Crippen molar-refractivity contribution >= 4 is 22.4 Å². The van der Waals surface area contributed by atoms with E-state index in [4.69, 9.17) is 5.73 Å². The van der Waals surface area contributed by atoms with E-state index in [1.165, 1.54) is 29.8 Å². The van der Waals surface area contributed by atoms with Gasteiger partial charge in [-0.1, -0.05) is 19.3 Å². The maximum Gasteiger partial charge on any atom is 0.228 e. The molecule has 1 heterocycles. The van der Waals surface area contributed by atoms with Crippen LogP contribution in [0, 0.1) is 0 Å². The molecule has 5 heteroatoms. The molecule has 2 aliphatic rings. The van der Waals surface area contributed by atoms with Crippen LogP contribution in [0.5, 0.6) is 0 Å². The maximum absolute atomic E-state index is 12.2. The molecule has 1 aromatic rings. The molecule has 0 radical (unpaired) electrons. The van der Waals surface area contributed by atoms with Crippen molar-refractivity contribution in [2.75, 3.05) is 5.32 Å². The fourth-order valence-corrected chi connectivity index (χ4v) is 4.39. The van der Waals surface area contributed by atoms with Gasteiger partial charge in [0.1, 0.15) is 0 Å². The van der Waals surface area contributed by atoms with Crippen LogP contribution in [0.25, 0.3) is 0 Å². The van der Waals surface area contributed by atoms with E-state index in [0.717, 1.165) is 43.7 Å². The third-order valence-electron chi connectivity index (χ3n) is 4.45. The van der Waals surface area contributed by atoms with Crippen LogP contribution in [0.1, 0.15) is 61.9 Å². The van der Waals surface area contributed by atoms with E-state index in [2.05, 4.69) is 10.3 Å². The number of thiazole rings is 1. The number of nitrogens with zero attached hydrogens (tertiary/aromatic N) is 1. The standard InChI is InChI=1S/C15H23N3OS/c16-15(8-4-1-5-9-15)10-13(19)18-14-17-11-6-2-3-7-12(11)20-14/h1-10,16H2,(H,17,18,19). The van der Waals surface area contributed by atoms with E-state index in [1.807, 2.05) is 0 Å². The number of fused-ring (bicyclic) bond motifs is 1. The first-order valence-electron chi connectivity index (χ1n) is 7.72. The quantitative estimate of drug-likeness (QED) is 0.900. The molecule has 0 aliphatic heterocycles. The molecule has 3 N–H and O–H groups in total. The van der Waals surface area contributed by atoms with Crippen LogP contribution in [0.15, 0.2) is 0 Å². The van der Waals surface area contributed by atoms with Crippen molar-refractivity contribution in [1.82, 2.24) is 4.98 Å². The Morgan fingerprint density at radius 3 is 2.70 bits per heavy atom. The van der Waals surface area contributed by atoms with Crippen LogP contribution in [-0.4, -0.2) is 16.4 Å². The smallest absolute Gasteiger partial charge is 0.228 e. The molecular formula is C15H23N3OS. The SMILES string of the molecule is NC1(CC(=O)Nc2nc3c(s2)CCCC3)CCCCC1. The maximum atomic E-state index is 12.2. The number of hydrogen-bond donors (Lipinski definition) is 2. The lowest BCUT2D eigenvalue weighted by atomic mass is 9.80. The number of carbonyl (C=O) groups excluding carboxylic acids is 1. The van der Waals surface area contributed by atoms with Crippen LogP contribution in [-0.2, 0) is 17.6 Å². The zero-order chi connectivity index (χ0) is 14.0. The largest absolute Gasteiger partial charge is 0.325 e. The second kappa shape index (κ2) is 5.82. The summed E-state index contributed by atoms with van der Waals surface area (Å²) in [6.07, 6.45) is 10.5. The highest BCUT2D eigenvalue weighted by molar-refractivity contribution is 7.15. The number of aryl methyl sites for hydroxylation is 2. The lowest BCUT2D eigenvalue weighted by molar-refractivity contribution is -0.117. The van der Waals surface area contributed by atoms with Crippen molar-refractivity contribution in [2.24, 2.45) is 5.73 Å². The Morgan fingerprint density at radius 1 is 1.20 bits per heavy atom. The summed E-state index contributed by atoms with van der Waals surface area (Å²) < 4.78 is 0. The summed E-state index contributed by atoms with van der Waals surface area (Å²) in [6, 6.07) is 0. The molecular weight excluding hydrogens is 270 g/mol. The number of amides is 1. The Labute approximate surface area is 124 Å². The van der Waals surface area contributed by atoms with Gasteiger partial charge in [-0.05, 0) is 38.5 Å². The Balaban J connectivity index is 1.59. The molecule has 1 saturated carbocycles. The third kappa shape index (κ3) is 3.20. The molecule has 0 spiro atoms. The monoisotopic (exact) mass is 293 g/mol. The summed E-state index contributed by atoms with van der Waals surface area (Å²) in [5.41, 5.74) is 7.23. The molecule has 0 aromatic carbocycles. The highest BCUT2D eigenvalue weighted by Crippen LogP contribution is 2.31. The lowest BCUT2D eigenvalue weighted by Gasteiger charge is -2.32.